The Morgan fingerprint density at radius 1 is 1.12 bits per heavy atom. The molecule has 17 heavy (non-hydrogen) atoms. The lowest BCUT2D eigenvalue weighted by atomic mass is 10.0. The van der Waals surface area contributed by atoms with Crippen LogP contribution in [0.15, 0.2) is 0 Å². The van der Waals surface area contributed by atoms with Gasteiger partial charge in [0, 0.05) is 32.2 Å². The first-order valence-electron chi connectivity index (χ1n) is 6.68. The number of hydrogen-bond donors (Lipinski definition) is 1. The topological polar surface area (TPSA) is 43.8 Å². The summed E-state index contributed by atoms with van der Waals surface area (Å²) >= 11 is 0. The van der Waals surface area contributed by atoms with Gasteiger partial charge in [0.2, 0.25) is 0 Å². The van der Waals surface area contributed by atoms with Crippen molar-refractivity contribution >= 4 is 5.97 Å². The second-order valence-electron chi connectivity index (χ2n) is 5.36. The Bertz CT molecular complexity index is 248. The number of carboxylic acid groups (broad SMARTS) is 1. The number of hydrogen-bond acceptors (Lipinski definition) is 3. The smallest absolute Gasteiger partial charge is 0.321 e. The molecule has 0 bridgehead atoms. The van der Waals surface area contributed by atoms with Gasteiger partial charge >= 0.3 is 5.97 Å². The van der Waals surface area contributed by atoms with Gasteiger partial charge in [0.25, 0.3) is 0 Å². The van der Waals surface area contributed by atoms with E-state index in [0.29, 0.717) is 6.04 Å². The molecule has 1 fully saturated rings. The lowest BCUT2D eigenvalue weighted by molar-refractivity contribution is -0.146. The van der Waals surface area contributed by atoms with E-state index in [1.54, 1.807) is 0 Å². The summed E-state index contributed by atoms with van der Waals surface area (Å²) in [5, 5.41) is 9.26. The lowest BCUT2D eigenvalue weighted by Gasteiger charge is -2.41. The highest BCUT2D eigenvalue weighted by Gasteiger charge is 2.31. The average Bonchev–Trinajstić information content (AvgIpc) is 2.28. The molecule has 1 aliphatic rings. The maximum atomic E-state index is 11.3. The van der Waals surface area contributed by atoms with Crippen molar-refractivity contribution in [3.8, 4) is 0 Å². The van der Waals surface area contributed by atoms with E-state index >= 15 is 0 Å². The molecule has 2 atom stereocenters. The Hall–Kier alpha value is -0.610. The summed E-state index contributed by atoms with van der Waals surface area (Å²) in [4.78, 5) is 15.8. The van der Waals surface area contributed by atoms with Crippen LogP contribution in [0.5, 0.6) is 0 Å². The van der Waals surface area contributed by atoms with Crippen molar-refractivity contribution in [2.45, 2.75) is 46.2 Å². The molecule has 0 spiro atoms. The standard InChI is InChI=1S/C13H26N2O2/c1-5-11(4)14-6-8-15(9-7-14)12(10(2)3)13(16)17/h10-12H,5-9H2,1-4H3,(H,16,17). The molecule has 2 unspecified atom stereocenters. The molecule has 0 aromatic rings. The summed E-state index contributed by atoms with van der Waals surface area (Å²) in [6.45, 7) is 12.1. The molecular weight excluding hydrogens is 216 g/mol. The van der Waals surface area contributed by atoms with Crippen LogP contribution in [0.4, 0.5) is 0 Å². The Morgan fingerprint density at radius 2 is 1.59 bits per heavy atom. The van der Waals surface area contributed by atoms with E-state index in [0.717, 1.165) is 32.6 Å². The fraction of sp³-hybridized carbons (Fsp3) is 0.923. The monoisotopic (exact) mass is 242 g/mol. The zero-order chi connectivity index (χ0) is 13.0. The number of piperazine rings is 1. The predicted octanol–water partition coefficient (Wildman–Crippen LogP) is 1.51. The zero-order valence-corrected chi connectivity index (χ0v) is 11.5. The van der Waals surface area contributed by atoms with E-state index in [9.17, 15) is 9.90 Å². The first-order valence-corrected chi connectivity index (χ1v) is 6.68. The lowest BCUT2D eigenvalue weighted by Crippen LogP contribution is -2.55. The molecule has 0 saturated carbocycles. The Labute approximate surface area is 105 Å². The van der Waals surface area contributed by atoms with Crippen LogP contribution in [0, 0.1) is 5.92 Å². The third-order valence-corrected chi connectivity index (χ3v) is 3.84. The van der Waals surface area contributed by atoms with Crippen molar-refractivity contribution < 1.29 is 9.90 Å². The number of nitrogens with zero attached hydrogens (tertiary/aromatic N) is 2. The van der Waals surface area contributed by atoms with Crippen molar-refractivity contribution in [1.29, 1.82) is 0 Å². The second-order valence-corrected chi connectivity index (χ2v) is 5.36. The van der Waals surface area contributed by atoms with Crippen molar-refractivity contribution in [2.24, 2.45) is 5.92 Å². The van der Waals surface area contributed by atoms with Gasteiger partial charge in [-0.15, -0.1) is 0 Å². The normalized spacial score (nSPS) is 22.6. The predicted molar refractivity (Wildman–Crippen MR) is 69.2 cm³/mol. The molecule has 4 heteroatoms. The Kier molecular flexibility index (Phi) is 5.40. The molecule has 0 aromatic heterocycles. The van der Waals surface area contributed by atoms with Crippen molar-refractivity contribution in [2.75, 3.05) is 26.2 Å². The molecule has 4 nitrogen and oxygen atoms in total. The number of aliphatic carboxylic acids is 1. The van der Waals surface area contributed by atoms with Crippen LogP contribution < -0.4 is 0 Å². The first kappa shape index (κ1) is 14.5. The second kappa shape index (κ2) is 6.36. The maximum absolute atomic E-state index is 11.3. The maximum Gasteiger partial charge on any atom is 0.321 e. The molecule has 0 aliphatic carbocycles. The summed E-state index contributed by atoms with van der Waals surface area (Å²) in [6.07, 6.45) is 1.16. The minimum atomic E-state index is -0.683. The Morgan fingerprint density at radius 3 is 1.94 bits per heavy atom. The molecule has 1 rings (SSSR count). The van der Waals surface area contributed by atoms with Crippen LogP contribution in [0.3, 0.4) is 0 Å². The van der Waals surface area contributed by atoms with Gasteiger partial charge < -0.3 is 5.11 Å². The first-order chi connectivity index (χ1) is 7.97. The highest BCUT2D eigenvalue weighted by atomic mass is 16.4. The summed E-state index contributed by atoms with van der Waals surface area (Å²) in [5.74, 6) is -0.514. The van der Waals surface area contributed by atoms with E-state index < -0.39 is 5.97 Å². The van der Waals surface area contributed by atoms with E-state index in [4.69, 9.17) is 0 Å². The van der Waals surface area contributed by atoms with Gasteiger partial charge in [-0.2, -0.15) is 0 Å². The molecule has 1 N–H and O–H groups in total. The van der Waals surface area contributed by atoms with Crippen molar-refractivity contribution in [1.82, 2.24) is 9.80 Å². The Balaban J connectivity index is 2.53. The molecular formula is C13H26N2O2. The fourth-order valence-electron chi connectivity index (χ4n) is 2.58. The molecule has 0 amide bonds. The summed E-state index contributed by atoms with van der Waals surface area (Å²) in [5.41, 5.74) is 0. The van der Waals surface area contributed by atoms with Crippen molar-refractivity contribution in [3.63, 3.8) is 0 Å². The van der Waals surface area contributed by atoms with Gasteiger partial charge in [0.15, 0.2) is 0 Å². The molecule has 100 valence electrons. The van der Waals surface area contributed by atoms with Crippen LogP contribution >= 0.6 is 0 Å². The van der Waals surface area contributed by atoms with Crippen LogP contribution in [0.1, 0.15) is 34.1 Å². The van der Waals surface area contributed by atoms with Gasteiger partial charge in [-0.1, -0.05) is 20.8 Å². The fourth-order valence-corrected chi connectivity index (χ4v) is 2.58. The third kappa shape index (κ3) is 3.68. The van der Waals surface area contributed by atoms with Crippen LogP contribution in [-0.2, 0) is 4.79 Å². The summed E-state index contributed by atoms with van der Waals surface area (Å²) in [6, 6.07) is 0.286. The summed E-state index contributed by atoms with van der Waals surface area (Å²) < 4.78 is 0. The summed E-state index contributed by atoms with van der Waals surface area (Å²) in [7, 11) is 0. The minimum absolute atomic E-state index is 0.169. The van der Waals surface area contributed by atoms with Crippen LogP contribution in [0.2, 0.25) is 0 Å². The van der Waals surface area contributed by atoms with Gasteiger partial charge in [-0.3, -0.25) is 14.6 Å². The quantitative estimate of drug-likeness (QED) is 0.793. The van der Waals surface area contributed by atoms with Gasteiger partial charge in [-0.05, 0) is 19.3 Å². The van der Waals surface area contributed by atoms with E-state index in [2.05, 4.69) is 23.6 Å². The highest BCUT2D eigenvalue weighted by Crippen LogP contribution is 2.16. The zero-order valence-electron chi connectivity index (χ0n) is 11.5. The SMILES string of the molecule is CCC(C)N1CCN(C(C(=O)O)C(C)C)CC1. The number of rotatable bonds is 5. The van der Waals surface area contributed by atoms with Crippen LogP contribution in [-0.4, -0.2) is 59.1 Å². The van der Waals surface area contributed by atoms with E-state index in [-0.39, 0.29) is 12.0 Å². The third-order valence-electron chi connectivity index (χ3n) is 3.84. The number of carbonyl (C=O) groups is 1. The molecule has 1 saturated heterocycles. The van der Waals surface area contributed by atoms with Gasteiger partial charge in [-0.25, -0.2) is 0 Å². The van der Waals surface area contributed by atoms with Crippen LogP contribution in [0.25, 0.3) is 0 Å². The van der Waals surface area contributed by atoms with Crippen molar-refractivity contribution in [3.05, 3.63) is 0 Å². The molecule has 0 radical (unpaired) electrons. The van der Waals surface area contributed by atoms with Gasteiger partial charge in [0.1, 0.15) is 6.04 Å². The highest BCUT2D eigenvalue weighted by molar-refractivity contribution is 5.73. The van der Waals surface area contributed by atoms with Gasteiger partial charge in [0.05, 0.1) is 0 Å². The van der Waals surface area contributed by atoms with E-state index in [1.807, 2.05) is 13.8 Å². The molecule has 0 aromatic carbocycles. The van der Waals surface area contributed by atoms with E-state index in [1.165, 1.54) is 0 Å². The molecule has 1 heterocycles. The number of carboxylic acids is 1. The average molecular weight is 242 g/mol. The minimum Gasteiger partial charge on any atom is -0.480 e. The molecule has 1 aliphatic heterocycles. The largest absolute Gasteiger partial charge is 0.480 e.